The zero-order chi connectivity index (χ0) is 8.48. The van der Waals surface area contributed by atoms with Crippen molar-refractivity contribution < 1.29 is 13.0 Å². The largest absolute Gasteiger partial charge is 0.399 e. The molecule has 1 radical (unpaired) electrons. The molecule has 0 saturated carbocycles. The first-order valence-corrected chi connectivity index (χ1v) is 4.19. The number of anilines is 1. The second kappa shape index (κ2) is 2.52. The van der Waals surface area contributed by atoms with E-state index >= 15 is 0 Å². The Morgan fingerprint density at radius 2 is 2.18 bits per heavy atom. The summed E-state index contributed by atoms with van der Waals surface area (Å²) in [5.74, 6) is 0. The first-order valence-electron chi connectivity index (χ1n) is 2.75. The molecule has 0 bridgehead atoms. The van der Waals surface area contributed by atoms with E-state index in [2.05, 4.69) is 6.07 Å². The van der Waals surface area contributed by atoms with Gasteiger partial charge in [-0.05, 0) is 12.1 Å². The fourth-order valence-corrected chi connectivity index (χ4v) is 1.11. The van der Waals surface area contributed by atoms with Gasteiger partial charge >= 0.3 is 0 Å². The predicted molar refractivity (Wildman–Crippen MR) is 39.5 cm³/mol. The summed E-state index contributed by atoms with van der Waals surface area (Å²) in [5, 5.41) is 0. The van der Waals surface area contributed by atoms with E-state index in [1.807, 2.05) is 0 Å². The van der Waals surface area contributed by atoms with Crippen LogP contribution in [0.25, 0.3) is 0 Å². The average Bonchev–Trinajstić information content (AvgIpc) is 1.86. The summed E-state index contributed by atoms with van der Waals surface area (Å²) in [6.07, 6.45) is 0. The van der Waals surface area contributed by atoms with Crippen LogP contribution >= 0.6 is 0 Å². The number of nitrogen functional groups attached to an aromatic ring is 1. The van der Waals surface area contributed by atoms with Crippen LogP contribution < -0.4 is 5.73 Å². The van der Waals surface area contributed by atoms with Gasteiger partial charge in [-0.25, -0.2) is 0 Å². The summed E-state index contributed by atoms with van der Waals surface area (Å²) >= 11 is 0. The van der Waals surface area contributed by atoms with Crippen molar-refractivity contribution in [3.63, 3.8) is 0 Å². The Kier molecular flexibility index (Phi) is 1.84. The van der Waals surface area contributed by atoms with E-state index < -0.39 is 10.1 Å². The fourth-order valence-electron chi connectivity index (χ4n) is 0.610. The lowest BCUT2D eigenvalue weighted by Crippen LogP contribution is -1.98. The van der Waals surface area contributed by atoms with Gasteiger partial charge in [0, 0.05) is 11.8 Å². The van der Waals surface area contributed by atoms with E-state index in [0.717, 1.165) is 6.07 Å². The molecule has 0 saturated heterocycles. The Balaban J connectivity index is 3.28. The van der Waals surface area contributed by atoms with Gasteiger partial charge < -0.3 is 5.73 Å². The quantitative estimate of drug-likeness (QED) is 0.472. The molecule has 59 valence electrons. The Morgan fingerprint density at radius 1 is 1.55 bits per heavy atom. The van der Waals surface area contributed by atoms with Gasteiger partial charge in [-0.15, -0.1) is 0 Å². The molecule has 1 rings (SSSR count). The molecule has 0 fully saturated rings. The van der Waals surface area contributed by atoms with Crippen molar-refractivity contribution in [3.8, 4) is 0 Å². The van der Waals surface area contributed by atoms with Crippen LogP contribution in [0, 0.1) is 6.07 Å². The first kappa shape index (κ1) is 8.03. The third-order valence-corrected chi connectivity index (χ3v) is 1.87. The van der Waals surface area contributed by atoms with Crippen molar-refractivity contribution in [2.75, 3.05) is 5.73 Å². The molecule has 0 aliphatic heterocycles. The fraction of sp³-hybridized carbons (Fsp3) is 0. The smallest absolute Gasteiger partial charge is 0.295 e. The summed E-state index contributed by atoms with van der Waals surface area (Å²) < 4.78 is 29.4. The van der Waals surface area contributed by atoms with Gasteiger partial charge in [0.05, 0.1) is 0 Å². The zero-order valence-electron chi connectivity index (χ0n) is 5.48. The van der Waals surface area contributed by atoms with Crippen LogP contribution in [0.3, 0.4) is 0 Å². The molecule has 1 aromatic rings. The van der Waals surface area contributed by atoms with E-state index in [9.17, 15) is 8.42 Å². The number of hydrogen-bond donors (Lipinski definition) is 2. The van der Waals surface area contributed by atoms with Crippen molar-refractivity contribution in [2.24, 2.45) is 0 Å². The van der Waals surface area contributed by atoms with Crippen LogP contribution in [0.5, 0.6) is 0 Å². The van der Waals surface area contributed by atoms with Crippen LogP contribution in [-0.4, -0.2) is 13.0 Å². The summed E-state index contributed by atoms with van der Waals surface area (Å²) in [6.45, 7) is 0. The Hall–Kier alpha value is -1.07. The van der Waals surface area contributed by atoms with Crippen molar-refractivity contribution in [1.29, 1.82) is 0 Å². The van der Waals surface area contributed by atoms with E-state index in [0.29, 0.717) is 0 Å². The maximum atomic E-state index is 10.5. The number of benzene rings is 1. The predicted octanol–water partition coefficient (Wildman–Crippen LogP) is 0.316. The Labute approximate surface area is 64.4 Å². The van der Waals surface area contributed by atoms with Crippen LogP contribution in [0.1, 0.15) is 0 Å². The summed E-state index contributed by atoms with van der Waals surface area (Å²) in [4.78, 5) is -0.308. The standard InChI is InChI=1S/C6H6NO3S/c7-5-2-1-3-6(4-5)11(8,9)10/h1-2,4H,7H2,(H,8,9,10). The maximum absolute atomic E-state index is 10.5. The monoisotopic (exact) mass is 172 g/mol. The van der Waals surface area contributed by atoms with E-state index in [1.54, 1.807) is 0 Å². The second-order valence-corrected chi connectivity index (χ2v) is 3.35. The molecule has 0 heterocycles. The first-order chi connectivity index (χ1) is 5.00. The molecule has 5 heteroatoms. The molecule has 1 aromatic carbocycles. The van der Waals surface area contributed by atoms with Crippen LogP contribution in [0.15, 0.2) is 23.1 Å². The third kappa shape index (κ3) is 1.92. The minimum Gasteiger partial charge on any atom is -0.399 e. The lowest BCUT2D eigenvalue weighted by atomic mass is 10.3. The second-order valence-electron chi connectivity index (χ2n) is 1.96. The molecule has 3 N–H and O–H groups in total. The highest BCUT2D eigenvalue weighted by molar-refractivity contribution is 7.85. The van der Waals surface area contributed by atoms with Gasteiger partial charge in [0.25, 0.3) is 10.1 Å². The summed E-state index contributed by atoms with van der Waals surface area (Å²) in [7, 11) is -4.16. The molecule has 0 unspecified atom stereocenters. The number of rotatable bonds is 1. The molecule has 11 heavy (non-hydrogen) atoms. The molecule has 0 aliphatic rings. The highest BCUT2D eigenvalue weighted by Gasteiger charge is 2.08. The van der Waals surface area contributed by atoms with Gasteiger partial charge in [0.15, 0.2) is 0 Å². The highest BCUT2D eigenvalue weighted by Crippen LogP contribution is 2.10. The molecule has 0 amide bonds. The maximum Gasteiger partial charge on any atom is 0.295 e. The number of nitrogens with two attached hydrogens (primary N) is 1. The van der Waals surface area contributed by atoms with Crippen molar-refractivity contribution in [3.05, 3.63) is 24.3 Å². The summed E-state index contributed by atoms with van der Waals surface area (Å²) in [5.41, 5.74) is 5.53. The molecule has 0 spiro atoms. The lowest BCUT2D eigenvalue weighted by molar-refractivity contribution is 0.483. The van der Waals surface area contributed by atoms with Gasteiger partial charge in [-0.2, -0.15) is 8.42 Å². The van der Waals surface area contributed by atoms with E-state index in [4.69, 9.17) is 10.3 Å². The van der Waals surface area contributed by atoms with E-state index in [1.165, 1.54) is 12.1 Å². The SMILES string of the molecule is Nc1cc[c]c(S(=O)(=O)O)c1. The molecule has 0 atom stereocenters. The molecule has 0 aromatic heterocycles. The van der Waals surface area contributed by atoms with Crippen molar-refractivity contribution >= 4 is 15.8 Å². The van der Waals surface area contributed by atoms with Crippen LogP contribution in [0.4, 0.5) is 5.69 Å². The third-order valence-electron chi connectivity index (χ3n) is 1.08. The lowest BCUT2D eigenvalue weighted by Gasteiger charge is -1.95. The topological polar surface area (TPSA) is 80.4 Å². The van der Waals surface area contributed by atoms with Gasteiger partial charge in [0.2, 0.25) is 0 Å². The van der Waals surface area contributed by atoms with Crippen LogP contribution in [-0.2, 0) is 10.1 Å². The average molecular weight is 172 g/mol. The van der Waals surface area contributed by atoms with Crippen molar-refractivity contribution in [1.82, 2.24) is 0 Å². The molecule has 4 nitrogen and oxygen atoms in total. The molecule has 0 aliphatic carbocycles. The number of hydrogen-bond acceptors (Lipinski definition) is 3. The van der Waals surface area contributed by atoms with Crippen LogP contribution in [0.2, 0.25) is 0 Å². The molecular weight excluding hydrogens is 166 g/mol. The van der Waals surface area contributed by atoms with Gasteiger partial charge in [-0.3, -0.25) is 4.55 Å². The normalized spacial score (nSPS) is 11.4. The highest BCUT2D eigenvalue weighted by atomic mass is 32.2. The van der Waals surface area contributed by atoms with E-state index in [-0.39, 0.29) is 10.6 Å². The Morgan fingerprint density at radius 3 is 2.55 bits per heavy atom. The zero-order valence-corrected chi connectivity index (χ0v) is 6.30. The minimum atomic E-state index is -4.16. The van der Waals surface area contributed by atoms with Crippen molar-refractivity contribution in [2.45, 2.75) is 4.90 Å². The molecular formula is C6H6NO3S. The van der Waals surface area contributed by atoms with Gasteiger partial charge in [0.1, 0.15) is 4.90 Å². The van der Waals surface area contributed by atoms with Gasteiger partial charge in [-0.1, -0.05) is 6.07 Å². The Bertz CT molecular complexity index is 358. The summed E-state index contributed by atoms with van der Waals surface area (Å²) in [6, 6.07) is 6.28. The minimum absolute atomic E-state index is 0.274.